The molecule has 0 fully saturated rings. The van der Waals surface area contributed by atoms with Gasteiger partial charge in [-0.3, -0.25) is 20.6 Å². The SMILES string of the molecule is [Fe+2].c1cc(-c2nnn[n-]2)nc(-n2cccn2)c1.c1cc(-c2nnn[n-]2)nc(-n2cccn2)c1. The standard InChI is InChI=1S/2C9H6N7.Fe/c2*1-3-7(9-12-14-15-13-9)11-8(4-1)16-6-2-5-10-16;/h2*1-6H;/q2*-1;+2. The zero-order valence-electron chi connectivity index (χ0n) is 16.5. The van der Waals surface area contributed by atoms with Crippen molar-refractivity contribution in [2.75, 3.05) is 0 Å². The Hall–Kier alpha value is -4.62. The summed E-state index contributed by atoms with van der Waals surface area (Å²) in [4.78, 5) is 8.71. The predicted molar refractivity (Wildman–Crippen MR) is 107 cm³/mol. The second-order valence-corrected chi connectivity index (χ2v) is 6.07. The summed E-state index contributed by atoms with van der Waals surface area (Å²) in [5.74, 6) is 2.22. The van der Waals surface area contributed by atoms with Crippen molar-refractivity contribution in [3.8, 4) is 34.7 Å². The van der Waals surface area contributed by atoms with E-state index in [1.807, 2.05) is 48.8 Å². The van der Waals surface area contributed by atoms with E-state index >= 15 is 0 Å². The molecule has 0 aliphatic heterocycles. The molecule has 0 bridgehead atoms. The molecule has 0 saturated heterocycles. The van der Waals surface area contributed by atoms with Gasteiger partial charge < -0.3 is 10.2 Å². The smallest absolute Gasteiger partial charge is 0.329 e. The summed E-state index contributed by atoms with van der Waals surface area (Å²) in [6.07, 6.45) is 7.01. The Balaban J connectivity index is 0.000000152. The maximum atomic E-state index is 4.35. The van der Waals surface area contributed by atoms with Crippen molar-refractivity contribution in [3.63, 3.8) is 0 Å². The fourth-order valence-corrected chi connectivity index (χ4v) is 2.65. The van der Waals surface area contributed by atoms with Crippen molar-refractivity contribution in [1.82, 2.24) is 70.8 Å². The van der Waals surface area contributed by atoms with Crippen LogP contribution in [0.1, 0.15) is 0 Å². The summed E-state index contributed by atoms with van der Waals surface area (Å²) in [5.41, 5.74) is 1.25. The van der Waals surface area contributed by atoms with Crippen LogP contribution in [0.25, 0.3) is 34.7 Å². The molecule has 0 saturated carbocycles. The molecule has 0 amide bonds. The number of aromatic nitrogens is 14. The van der Waals surface area contributed by atoms with Gasteiger partial charge in [0, 0.05) is 24.8 Å². The van der Waals surface area contributed by atoms with Crippen LogP contribution in [0.2, 0.25) is 0 Å². The molecule has 0 N–H and O–H groups in total. The first-order chi connectivity index (χ1) is 15.9. The minimum absolute atomic E-state index is 0. The zero-order chi connectivity index (χ0) is 21.6. The largest absolute Gasteiger partial charge is 2.00 e. The van der Waals surface area contributed by atoms with Gasteiger partial charge in [0.05, 0.1) is 23.0 Å². The van der Waals surface area contributed by atoms with Gasteiger partial charge in [0.1, 0.15) is 0 Å². The molecule has 6 aromatic rings. The molecule has 0 aliphatic carbocycles. The van der Waals surface area contributed by atoms with Crippen molar-refractivity contribution in [3.05, 3.63) is 73.3 Å². The van der Waals surface area contributed by atoms with Crippen molar-refractivity contribution in [2.45, 2.75) is 0 Å². The molecule has 6 rings (SSSR count). The number of nitrogens with zero attached hydrogens (tertiary/aromatic N) is 14. The molecule has 0 atom stereocenters. The summed E-state index contributed by atoms with van der Waals surface area (Å²) >= 11 is 0. The van der Waals surface area contributed by atoms with Crippen LogP contribution in [0.5, 0.6) is 0 Å². The first kappa shape index (κ1) is 21.6. The fourth-order valence-electron chi connectivity index (χ4n) is 2.65. The summed E-state index contributed by atoms with van der Waals surface area (Å²) in [7, 11) is 0. The summed E-state index contributed by atoms with van der Waals surface area (Å²) in [6, 6.07) is 14.7. The molecule has 162 valence electrons. The topological polar surface area (TPSA) is 167 Å². The molecule has 6 heterocycles. The number of hydrogen-bond acceptors (Lipinski definition) is 10. The van der Waals surface area contributed by atoms with Crippen LogP contribution in [-0.2, 0) is 17.1 Å². The second kappa shape index (κ2) is 10.1. The minimum atomic E-state index is 0. The van der Waals surface area contributed by atoms with Crippen LogP contribution < -0.4 is 10.2 Å². The van der Waals surface area contributed by atoms with Crippen LogP contribution in [0.3, 0.4) is 0 Å². The Morgan fingerprint density at radius 3 is 1.45 bits per heavy atom. The quantitative estimate of drug-likeness (QED) is 0.314. The Morgan fingerprint density at radius 2 is 1.09 bits per heavy atom. The maximum Gasteiger partial charge on any atom is 2.00 e. The van der Waals surface area contributed by atoms with Gasteiger partial charge in [-0.25, -0.2) is 19.3 Å². The van der Waals surface area contributed by atoms with Gasteiger partial charge in [0.2, 0.25) is 0 Å². The molecule has 0 aromatic carbocycles. The van der Waals surface area contributed by atoms with Gasteiger partial charge in [0.15, 0.2) is 11.6 Å². The van der Waals surface area contributed by atoms with Crippen LogP contribution in [-0.4, -0.2) is 60.6 Å². The Morgan fingerprint density at radius 1 is 0.606 bits per heavy atom. The number of tetrazole rings is 2. The van der Waals surface area contributed by atoms with Crippen LogP contribution in [0, 0.1) is 0 Å². The summed E-state index contributed by atoms with van der Waals surface area (Å²) in [5, 5.41) is 36.8. The van der Waals surface area contributed by atoms with Gasteiger partial charge in [0.25, 0.3) is 0 Å². The molecule has 15 heteroatoms. The molecule has 0 spiro atoms. The van der Waals surface area contributed by atoms with Gasteiger partial charge in [-0.2, -0.15) is 20.6 Å². The van der Waals surface area contributed by atoms with E-state index in [0.29, 0.717) is 34.7 Å². The van der Waals surface area contributed by atoms with Crippen LogP contribution >= 0.6 is 0 Å². The first-order valence-corrected chi connectivity index (χ1v) is 9.19. The molecule has 33 heavy (non-hydrogen) atoms. The van der Waals surface area contributed by atoms with Crippen molar-refractivity contribution >= 4 is 0 Å². The van der Waals surface area contributed by atoms with Gasteiger partial charge in [-0.15, -0.1) is 0 Å². The average Bonchev–Trinajstić information content (AvgIpc) is 3.68. The summed E-state index contributed by atoms with van der Waals surface area (Å²) in [6.45, 7) is 0. The van der Waals surface area contributed by atoms with E-state index in [1.165, 1.54) is 0 Å². The molecular formula is C18H12FeN14. The van der Waals surface area contributed by atoms with Gasteiger partial charge in [-0.05, 0) is 36.4 Å². The Bertz CT molecular complexity index is 1150. The molecular weight excluding hydrogens is 468 g/mol. The maximum absolute atomic E-state index is 4.35. The van der Waals surface area contributed by atoms with E-state index in [0.717, 1.165) is 0 Å². The van der Waals surface area contributed by atoms with E-state index < -0.39 is 0 Å². The van der Waals surface area contributed by atoms with Crippen LogP contribution in [0.15, 0.2) is 73.3 Å². The summed E-state index contributed by atoms with van der Waals surface area (Å²) < 4.78 is 3.32. The third-order valence-corrected chi connectivity index (χ3v) is 4.04. The van der Waals surface area contributed by atoms with E-state index in [-0.39, 0.29) is 17.1 Å². The number of rotatable bonds is 4. The van der Waals surface area contributed by atoms with E-state index in [2.05, 4.69) is 61.4 Å². The first-order valence-electron chi connectivity index (χ1n) is 9.19. The minimum Gasteiger partial charge on any atom is -0.329 e. The monoisotopic (exact) mass is 480 g/mol. The van der Waals surface area contributed by atoms with Crippen molar-refractivity contribution < 1.29 is 17.1 Å². The molecule has 0 aliphatic rings. The normalized spacial score (nSPS) is 10.2. The molecule has 14 nitrogen and oxygen atoms in total. The Labute approximate surface area is 196 Å². The average molecular weight is 480 g/mol. The zero-order valence-corrected chi connectivity index (χ0v) is 17.6. The molecule has 6 aromatic heterocycles. The fraction of sp³-hybridized carbons (Fsp3) is 0. The third-order valence-electron chi connectivity index (χ3n) is 4.04. The van der Waals surface area contributed by atoms with E-state index in [1.54, 1.807) is 33.9 Å². The predicted octanol–water partition coefficient (Wildman–Crippen LogP) is 0.150. The molecule has 0 unspecified atom stereocenters. The van der Waals surface area contributed by atoms with Crippen molar-refractivity contribution in [2.24, 2.45) is 0 Å². The van der Waals surface area contributed by atoms with E-state index in [4.69, 9.17) is 0 Å². The van der Waals surface area contributed by atoms with Crippen molar-refractivity contribution in [1.29, 1.82) is 0 Å². The van der Waals surface area contributed by atoms with E-state index in [9.17, 15) is 0 Å². The second-order valence-electron chi connectivity index (χ2n) is 6.07. The van der Waals surface area contributed by atoms with Gasteiger partial charge >= 0.3 is 17.1 Å². The molecule has 0 radical (unpaired) electrons. The number of pyridine rings is 2. The number of hydrogen-bond donors (Lipinski definition) is 0. The van der Waals surface area contributed by atoms with Crippen LogP contribution in [0.4, 0.5) is 0 Å². The Kier molecular flexibility index (Phi) is 6.63. The third kappa shape index (κ3) is 5.00. The van der Waals surface area contributed by atoms with Gasteiger partial charge in [-0.1, -0.05) is 12.1 Å².